The fraction of sp³-hybridized carbons (Fsp3) is 0.659. The van der Waals surface area contributed by atoms with E-state index in [9.17, 15) is 19.2 Å². The number of carbonyl (C=O) groups is 4. The lowest BCUT2D eigenvalue weighted by atomic mass is 9.33. The van der Waals surface area contributed by atoms with Gasteiger partial charge in [0.1, 0.15) is 0 Å². The maximum Gasteiger partial charge on any atom is 0.319 e. The standard InChI is InChI=1S/C41H57N3O4/c1-25-10-12-27(13-11-25)44-35(48)43-21-20-42-34(47)38(6)17-16-37(5)18-19-40(8)28(29(37)24-38)22-30(45)32-39(7)23-26(2)33(46)36(3,4)31(39)14-15-41(32,40)9/h10-13,22,29,31-32H,2,14-21,23-24H2,1,3-9H3,(H,42,47)(H2,43,44,48)/t29-,31-,32+,37+,38-,39-,40+,41+/m0/s1. The van der Waals surface area contributed by atoms with Crippen LogP contribution in [0.15, 0.2) is 48.1 Å². The fourth-order valence-corrected chi connectivity index (χ4v) is 11.7. The molecule has 6 rings (SSSR count). The molecular weight excluding hydrogens is 598 g/mol. The molecule has 8 atom stereocenters. The topological polar surface area (TPSA) is 104 Å². The van der Waals surface area contributed by atoms with Gasteiger partial charge in [-0.25, -0.2) is 4.79 Å². The molecule has 0 unspecified atom stereocenters. The van der Waals surface area contributed by atoms with Crippen molar-refractivity contribution in [2.45, 2.75) is 107 Å². The Morgan fingerprint density at radius 3 is 2.21 bits per heavy atom. The van der Waals surface area contributed by atoms with E-state index >= 15 is 0 Å². The minimum absolute atomic E-state index is 0.0185. The summed E-state index contributed by atoms with van der Waals surface area (Å²) in [7, 11) is 0. The predicted molar refractivity (Wildman–Crippen MR) is 190 cm³/mol. The molecule has 4 fully saturated rings. The van der Waals surface area contributed by atoms with Gasteiger partial charge in [0.15, 0.2) is 11.6 Å². The van der Waals surface area contributed by atoms with Crippen LogP contribution in [0, 0.1) is 57.2 Å². The molecule has 0 aromatic heterocycles. The SMILES string of the molecule is C=C1C[C@]2(C)[C@H]3C(=O)C=C4[C@@H]5C[C@@](C)(C(=O)NCCNC(=O)Nc6ccc(C)cc6)CC[C@]5(C)CC[C@@]4(C)[C@]3(C)CC[C@H]2C(C)(C)C1=O. The Labute approximate surface area is 287 Å². The highest BCUT2D eigenvalue weighted by atomic mass is 16.2. The van der Waals surface area contributed by atoms with E-state index in [1.165, 1.54) is 5.57 Å². The number of fused-ring (bicyclic) bond motifs is 7. The molecule has 5 aliphatic rings. The number of allylic oxidation sites excluding steroid dienone is 3. The van der Waals surface area contributed by atoms with Crippen molar-refractivity contribution in [3.05, 3.63) is 53.6 Å². The van der Waals surface area contributed by atoms with Crippen molar-refractivity contribution in [2.75, 3.05) is 18.4 Å². The highest BCUT2D eigenvalue weighted by Crippen LogP contribution is 2.75. The van der Waals surface area contributed by atoms with E-state index < -0.39 is 10.8 Å². The molecule has 3 amide bonds. The lowest BCUT2D eigenvalue weighted by Gasteiger charge is -2.70. The summed E-state index contributed by atoms with van der Waals surface area (Å²) in [4.78, 5) is 54.1. The Morgan fingerprint density at radius 1 is 0.875 bits per heavy atom. The zero-order valence-corrected chi connectivity index (χ0v) is 30.5. The van der Waals surface area contributed by atoms with E-state index in [0.717, 1.165) is 49.8 Å². The van der Waals surface area contributed by atoms with Crippen LogP contribution in [0.4, 0.5) is 10.5 Å². The number of aryl methyl sites for hydroxylation is 1. The Balaban J connectivity index is 1.19. The number of urea groups is 1. The first-order chi connectivity index (χ1) is 22.3. The molecule has 0 radical (unpaired) electrons. The van der Waals surface area contributed by atoms with Gasteiger partial charge in [0.2, 0.25) is 5.91 Å². The maximum absolute atomic E-state index is 14.6. The van der Waals surface area contributed by atoms with Crippen LogP contribution in [0.1, 0.15) is 105 Å². The minimum atomic E-state index is -0.566. The molecule has 0 spiro atoms. The molecule has 260 valence electrons. The number of rotatable bonds is 5. The quantitative estimate of drug-likeness (QED) is 0.221. The van der Waals surface area contributed by atoms with Gasteiger partial charge >= 0.3 is 6.03 Å². The third-order valence-corrected chi connectivity index (χ3v) is 14.8. The average molecular weight is 656 g/mol. The molecule has 0 heterocycles. The molecular formula is C41H57N3O4. The molecule has 48 heavy (non-hydrogen) atoms. The Bertz CT molecular complexity index is 1590. The third kappa shape index (κ3) is 5.12. The number of Topliss-reactive ketones (excluding diaryl/α,β-unsaturated/α-hetero) is 1. The number of hydrogen-bond acceptors (Lipinski definition) is 4. The monoisotopic (exact) mass is 655 g/mol. The second-order valence-corrected chi connectivity index (χ2v) is 18.1. The number of ketones is 2. The Kier molecular flexibility index (Phi) is 8.24. The van der Waals surface area contributed by atoms with Gasteiger partial charge in [-0.2, -0.15) is 0 Å². The fourth-order valence-electron chi connectivity index (χ4n) is 11.7. The van der Waals surface area contributed by atoms with Crippen molar-refractivity contribution in [1.29, 1.82) is 0 Å². The Hall–Kier alpha value is -3.22. The highest BCUT2D eigenvalue weighted by Gasteiger charge is 2.70. The van der Waals surface area contributed by atoms with E-state index in [1.807, 2.05) is 37.3 Å². The van der Waals surface area contributed by atoms with E-state index in [1.54, 1.807) is 0 Å². The highest BCUT2D eigenvalue weighted by molar-refractivity contribution is 6.01. The Morgan fingerprint density at radius 2 is 1.52 bits per heavy atom. The minimum Gasteiger partial charge on any atom is -0.354 e. The lowest BCUT2D eigenvalue weighted by Crippen LogP contribution is -2.66. The zero-order chi connectivity index (χ0) is 35.1. The van der Waals surface area contributed by atoms with E-state index in [4.69, 9.17) is 0 Å². The summed E-state index contributed by atoms with van der Waals surface area (Å²) in [5, 5.41) is 8.79. The van der Waals surface area contributed by atoms with Gasteiger partial charge < -0.3 is 16.0 Å². The van der Waals surface area contributed by atoms with Crippen LogP contribution in [0.5, 0.6) is 0 Å². The molecule has 0 saturated heterocycles. The van der Waals surface area contributed by atoms with Crippen LogP contribution in [0.3, 0.4) is 0 Å². The van der Waals surface area contributed by atoms with Gasteiger partial charge in [-0.15, -0.1) is 0 Å². The van der Waals surface area contributed by atoms with Gasteiger partial charge in [0.25, 0.3) is 0 Å². The molecule has 0 bridgehead atoms. The van der Waals surface area contributed by atoms with Crippen molar-refractivity contribution in [3.63, 3.8) is 0 Å². The van der Waals surface area contributed by atoms with Crippen molar-refractivity contribution < 1.29 is 19.2 Å². The van der Waals surface area contributed by atoms with Gasteiger partial charge in [0, 0.05) is 35.5 Å². The van der Waals surface area contributed by atoms with Crippen LogP contribution in [0.25, 0.3) is 0 Å². The van der Waals surface area contributed by atoms with Gasteiger partial charge in [0.05, 0.1) is 0 Å². The molecule has 1 aromatic carbocycles. The summed E-state index contributed by atoms with van der Waals surface area (Å²) in [6, 6.07) is 7.32. The average Bonchev–Trinajstić information content (AvgIpc) is 3.01. The zero-order valence-electron chi connectivity index (χ0n) is 30.5. The first-order valence-electron chi connectivity index (χ1n) is 18.2. The van der Waals surface area contributed by atoms with Crippen molar-refractivity contribution >= 4 is 29.2 Å². The van der Waals surface area contributed by atoms with Gasteiger partial charge in [-0.05, 0) is 116 Å². The van der Waals surface area contributed by atoms with Crippen molar-refractivity contribution in [1.82, 2.24) is 10.6 Å². The third-order valence-electron chi connectivity index (χ3n) is 14.8. The number of anilines is 1. The molecule has 5 aliphatic carbocycles. The number of amides is 3. The van der Waals surface area contributed by atoms with Crippen LogP contribution >= 0.6 is 0 Å². The van der Waals surface area contributed by atoms with E-state index in [0.29, 0.717) is 31.5 Å². The van der Waals surface area contributed by atoms with Gasteiger partial charge in [-0.3, -0.25) is 14.4 Å². The largest absolute Gasteiger partial charge is 0.354 e. The first kappa shape index (κ1) is 34.6. The van der Waals surface area contributed by atoms with Crippen LogP contribution in [-0.2, 0) is 14.4 Å². The summed E-state index contributed by atoms with van der Waals surface area (Å²) < 4.78 is 0. The van der Waals surface area contributed by atoms with Crippen LogP contribution in [0.2, 0.25) is 0 Å². The van der Waals surface area contributed by atoms with Gasteiger partial charge in [-0.1, -0.05) is 78.3 Å². The molecule has 7 heteroatoms. The maximum atomic E-state index is 14.6. The lowest BCUT2D eigenvalue weighted by molar-refractivity contribution is -0.182. The van der Waals surface area contributed by atoms with Crippen molar-refractivity contribution in [2.24, 2.45) is 50.2 Å². The second kappa shape index (κ2) is 11.4. The number of nitrogens with one attached hydrogen (secondary N) is 3. The van der Waals surface area contributed by atoms with Crippen LogP contribution < -0.4 is 16.0 Å². The summed E-state index contributed by atoms with van der Waals surface area (Å²) >= 11 is 0. The second-order valence-electron chi connectivity index (χ2n) is 18.1. The normalized spacial score (nSPS) is 40.0. The molecule has 3 N–H and O–H groups in total. The van der Waals surface area contributed by atoms with E-state index in [2.05, 4.69) is 71.0 Å². The van der Waals surface area contributed by atoms with Crippen LogP contribution in [-0.4, -0.2) is 36.6 Å². The molecule has 0 aliphatic heterocycles. The first-order valence-corrected chi connectivity index (χ1v) is 18.2. The summed E-state index contributed by atoms with van der Waals surface area (Å²) in [6.07, 6.45) is 9.04. The summed E-state index contributed by atoms with van der Waals surface area (Å²) in [5.74, 6) is 0.512. The number of hydrogen-bond donors (Lipinski definition) is 3. The molecule has 1 aromatic rings. The number of carbonyl (C=O) groups excluding carboxylic acids is 4. The summed E-state index contributed by atoms with van der Waals surface area (Å²) in [5.41, 5.74) is 2.00. The molecule has 4 saturated carbocycles. The number of benzene rings is 1. The van der Waals surface area contributed by atoms with E-state index in [-0.39, 0.29) is 62.9 Å². The smallest absolute Gasteiger partial charge is 0.319 e. The predicted octanol–water partition coefficient (Wildman–Crippen LogP) is 7.95. The molecule has 7 nitrogen and oxygen atoms in total. The summed E-state index contributed by atoms with van der Waals surface area (Å²) in [6.45, 7) is 22.5. The van der Waals surface area contributed by atoms with Crippen molar-refractivity contribution in [3.8, 4) is 0 Å².